The summed E-state index contributed by atoms with van der Waals surface area (Å²) in [6.07, 6.45) is 0.665. The van der Waals surface area contributed by atoms with E-state index >= 15 is 0 Å². The Morgan fingerprint density at radius 3 is 2.75 bits per heavy atom. The summed E-state index contributed by atoms with van der Waals surface area (Å²) in [7, 11) is 0. The third-order valence-electron chi connectivity index (χ3n) is 2.26. The summed E-state index contributed by atoms with van der Waals surface area (Å²) in [5.41, 5.74) is 0.369. The molecule has 1 aromatic carbocycles. The predicted molar refractivity (Wildman–Crippen MR) is 66.0 cm³/mol. The molecule has 2 aromatic rings. The standard InChI is InChI=1S/C12H9BrF2S/c13-11(7-9-2-1-5-16-9)10-6-8(14)3-4-12(10)15/h1-6,11H,7H2. The zero-order valence-corrected chi connectivity index (χ0v) is 10.7. The minimum absolute atomic E-state index is 0.193. The van der Waals surface area contributed by atoms with Crippen molar-refractivity contribution in [3.63, 3.8) is 0 Å². The molecule has 84 valence electrons. The van der Waals surface area contributed by atoms with E-state index in [-0.39, 0.29) is 10.6 Å². The number of hydrogen-bond donors (Lipinski definition) is 0. The van der Waals surface area contributed by atoms with Gasteiger partial charge in [-0.15, -0.1) is 11.3 Å². The molecule has 0 bridgehead atoms. The van der Waals surface area contributed by atoms with Gasteiger partial charge in [0.25, 0.3) is 0 Å². The van der Waals surface area contributed by atoms with Crippen LogP contribution >= 0.6 is 27.3 Å². The van der Waals surface area contributed by atoms with Crippen molar-refractivity contribution in [3.8, 4) is 0 Å². The molecular weight excluding hydrogens is 294 g/mol. The molecule has 0 amide bonds. The lowest BCUT2D eigenvalue weighted by Crippen LogP contribution is -1.98. The molecule has 1 unspecified atom stereocenters. The monoisotopic (exact) mass is 302 g/mol. The lowest BCUT2D eigenvalue weighted by molar-refractivity contribution is 0.584. The first kappa shape index (κ1) is 11.7. The zero-order valence-electron chi connectivity index (χ0n) is 8.29. The Balaban J connectivity index is 2.20. The van der Waals surface area contributed by atoms with Crippen LogP contribution in [0, 0.1) is 11.6 Å². The summed E-state index contributed by atoms with van der Waals surface area (Å²) in [5.74, 6) is -0.785. The summed E-state index contributed by atoms with van der Waals surface area (Å²) in [6.45, 7) is 0. The van der Waals surface area contributed by atoms with Crippen LogP contribution in [-0.4, -0.2) is 0 Å². The molecule has 0 aliphatic rings. The van der Waals surface area contributed by atoms with Crippen molar-refractivity contribution in [2.45, 2.75) is 11.2 Å². The molecule has 1 heterocycles. The van der Waals surface area contributed by atoms with Crippen LogP contribution in [0.25, 0.3) is 0 Å². The van der Waals surface area contributed by atoms with E-state index in [2.05, 4.69) is 15.9 Å². The highest BCUT2D eigenvalue weighted by Gasteiger charge is 2.14. The summed E-state index contributed by atoms with van der Waals surface area (Å²) in [6, 6.07) is 7.46. The molecule has 0 radical (unpaired) electrons. The van der Waals surface area contributed by atoms with E-state index in [0.29, 0.717) is 12.0 Å². The van der Waals surface area contributed by atoms with E-state index in [1.54, 1.807) is 11.3 Å². The van der Waals surface area contributed by atoms with Gasteiger partial charge in [-0.25, -0.2) is 8.78 Å². The Bertz CT molecular complexity index is 468. The number of hydrogen-bond acceptors (Lipinski definition) is 1. The molecule has 1 atom stereocenters. The molecule has 16 heavy (non-hydrogen) atoms. The van der Waals surface area contributed by atoms with Gasteiger partial charge >= 0.3 is 0 Å². The SMILES string of the molecule is Fc1ccc(F)c(C(Br)Cc2cccs2)c1. The van der Waals surface area contributed by atoms with Gasteiger partial charge in [0.1, 0.15) is 11.6 Å². The van der Waals surface area contributed by atoms with Gasteiger partial charge < -0.3 is 0 Å². The first-order valence-corrected chi connectivity index (χ1v) is 6.58. The second-order valence-corrected chi connectivity index (χ2v) is 5.55. The first-order valence-electron chi connectivity index (χ1n) is 4.78. The zero-order chi connectivity index (χ0) is 11.5. The van der Waals surface area contributed by atoms with Crippen LogP contribution in [0.5, 0.6) is 0 Å². The maximum Gasteiger partial charge on any atom is 0.127 e. The molecule has 0 saturated heterocycles. The average Bonchev–Trinajstić information content (AvgIpc) is 2.74. The molecule has 0 saturated carbocycles. The molecule has 2 rings (SSSR count). The van der Waals surface area contributed by atoms with Crippen LogP contribution in [0.15, 0.2) is 35.7 Å². The predicted octanol–water partition coefficient (Wildman–Crippen LogP) is 4.71. The molecule has 0 fully saturated rings. The Kier molecular flexibility index (Phi) is 3.71. The maximum absolute atomic E-state index is 13.5. The van der Waals surface area contributed by atoms with Gasteiger partial charge in [-0.05, 0) is 36.1 Å². The molecule has 0 aliphatic heterocycles. The summed E-state index contributed by atoms with van der Waals surface area (Å²) in [4.78, 5) is 0.951. The van der Waals surface area contributed by atoms with Gasteiger partial charge in [-0.2, -0.15) is 0 Å². The van der Waals surface area contributed by atoms with Gasteiger partial charge in [0, 0.05) is 15.3 Å². The molecule has 4 heteroatoms. The van der Waals surface area contributed by atoms with E-state index < -0.39 is 5.82 Å². The van der Waals surface area contributed by atoms with Crippen molar-refractivity contribution < 1.29 is 8.78 Å². The van der Waals surface area contributed by atoms with Gasteiger partial charge in [-0.1, -0.05) is 22.0 Å². The highest BCUT2D eigenvalue weighted by atomic mass is 79.9. The smallest absolute Gasteiger partial charge is 0.127 e. The second-order valence-electron chi connectivity index (χ2n) is 3.42. The van der Waals surface area contributed by atoms with Crippen molar-refractivity contribution >= 4 is 27.3 Å². The molecular formula is C12H9BrF2S. The van der Waals surface area contributed by atoms with Crippen LogP contribution in [0.4, 0.5) is 8.78 Å². The molecule has 1 aromatic heterocycles. The fraction of sp³-hybridized carbons (Fsp3) is 0.167. The Morgan fingerprint density at radius 2 is 2.06 bits per heavy atom. The Hall–Kier alpha value is -0.740. The van der Waals surface area contributed by atoms with Crippen molar-refractivity contribution in [2.75, 3.05) is 0 Å². The summed E-state index contributed by atoms with van der Waals surface area (Å²) >= 11 is 5.00. The topological polar surface area (TPSA) is 0 Å². The van der Waals surface area contributed by atoms with E-state index in [9.17, 15) is 8.78 Å². The van der Waals surface area contributed by atoms with Crippen LogP contribution in [-0.2, 0) is 6.42 Å². The van der Waals surface area contributed by atoms with Gasteiger partial charge in [-0.3, -0.25) is 0 Å². The minimum Gasteiger partial charge on any atom is -0.207 e. The van der Waals surface area contributed by atoms with Crippen LogP contribution in [0.3, 0.4) is 0 Å². The molecule has 0 spiro atoms. The number of benzene rings is 1. The first-order chi connectivity index (χ1) is 7.66. The van der Waals surface area contributed by atoms with E-state index in [1.807, 2.05) is 17.5 Å². The highest BCUT2D eigenvalue weighted by Crippen LogP contribution is 2.30. The number of thiophene rings is 1. The largest absolute Gasteiger partial charge is 0.207 e. The molecule has 0 N–H and O–H groups in total. The van der Waals surface area contributed by atoms with Crippen LogP contribution in [0.2, 0.25) is 0 Å². The third kappa shape index (κ3) is 2.68. The Labute approximate surface area is 105 Å². The normalized spacial score (nSPS) is 12.7. The lowest BCUT2D eigenvalue weighted by Gasteiger charge is -2.10. The van der Waals surface area contributed by atoms with Crippen LogP contribution in [0.1, 0.15) is 15.3 Å². The number of rotatable bonds is 3. The van der Waals surface area contributed by atoms with Crippen LogP contribution < -0.4 is 0 Å². The fourth-order valence-corrected chi connectivity index (χ4v) is 3.14. The fourth-order valence-electron chi connectivity index (χ4n) is 1.47. The van der Waals surface area contributed by atoms with E-state index in [0.717, 1.165) is 17.0 Å². The van der Waals surface area contributed by atoms with E-state index in [4.69, 9.17) is 0 Å². The molecule has 0 nitrogen and oxygen atoms in total. The van der Waals surface area contributed by atoms with Gasteiger partial charge in [0.2, 0.25) is 0 Å². The maximum atomic E-state index is 13.5. The average molecular weight is 303 g/mol. The number of alkyl halides is 1. The van der Waals surface area contributed by atoms with Gasteiger partial charge in [0.15, 0.2) is 0 Å². The van der Waals surface area contributed by atoms with Crippen molar-refractivity contribution in [1.29, 1.82) is 0 Å². The Morgan fingerprint density at radius 1 is 1.25 bits per heavy atom. The second kappa shape index (κ2) is 5.06. The van der Waals surface area contributed by atoms with Crippen molar-refractivity contribution in [3.05, 3.63) is 57.8 Å². The van der Waals surface area contributed by atoms with Crippen molar-refractivity contribution in [2.24, 2.45) is 0 Å². The lowest BCUT2D eigenvalue weighted by atomic mass is 10.1. The third-order valence-corrected chi connectivity index (χ3v) is 3.97. The van der Waals surface area contributed by atoms with Crippen molar-refractivity contribution in [1.82, 2.24) is 0 Å². The number of halogens is 3. The minimum atomic E-state index is -0.410. The highest BCUT2D eigenvalue weighted by molar-refractivity contribution is 9.09. The summed E-state index contributed by atoms with van der Waals surface area (Å²) in [5, 5.41) is 1.97. The quantitative estimate of drug-likeness (QED) is 0.721. The summed E-state index contributed by atoms with van der Waals surface area (Å²) < 4.78 is 26.5. The molecule has 0 aliphatic carbocycles. The van der Waals surface area contributed by atoms with Gasteiger partial charge in [0.05, 0.1) is 0 Å². The van der Waals surface area contributed by atoms with E-state index in [1.165, 1.54) is 6.07 Å².